The molecular weight excluding hydrogens is 354 g/mol. The first-order chi connectivity index (χ1) is 12.3. The number of hydrogen-bond acceptors (Lipinski definition) is 3. The van der Waals surface area contributed by atoms with Crippen LogP contribution in [0.3, 0.4) is 0 Å². The van der Waals surface area contributed by atoms with Crippen molar-refractivity contribution in [1.29, 1.82) is 0 Å². The van der Waals surface area contributed by atoms with E-state index in [1.54, 1.807) is 48.5 Å². The molecule has 0 aliphatic heterocycles. The SMILES string of the molecule is CC(=O)Nc1ccc(C=CC(=O)Nc2cc(NC(C)=O)ccc2Cl)cc1. The number of anilines is 3. The molecule has 0 atom stereocenters. The van der Waals surface area contributed by atoms with Crippen molar-refractivity contribution < 1.29 is 14.4 Å². The predicted molar refractivity (Wildman–Crippen MR) is 104 cm³/mol. The summed E-state index contributed by atoms with van der Waals surface area (Å²) in [6.45, 7) is 2.83. The number of carbonyl (C=O) groups excluding carboxylic acids is 3. The highest BCUT2D eigenvalue weighted by molar-refractivity contribution is 6.34. The zero-order chi connectivity index (χ0) is 19.1. The molecule has 7 heteroatoms. The van der Waals surface area contributed by atoms with Gasteiger partial charge in [0.1, 0.15) is 0 Å². The van der Waals surface area contributed by atoms with Crippen LogP contribution in [-0.2, 0) is 14.4 Å². The highest BCUT2D eigenvalue weighted by Crippen LogP contribution is 2.25. The summed E-state index contributed by atoms with van der Waals surface area (Å²) >= 11 is 6.07. The standard InChI is InChI=1S/C19H18ClN3O3/c1-12(24)21-15-6-3-14(4-7-15)5-10-19(26)23-18-11-16(22-13(2)25)8-9-17(18)20/h3-11H,1-2H3,(H,21,24)(H,22,25)(H,23,26). The first kappa shape index (κ1) is 19.2. The monoisotopic (exact) mass is 371 g/mol. The first-order valence-corrected chi connectivity index (χ1v) is 8.15. The number of hydrogen-bond donors (Lipinski definition) is 3. The van der Waals surface area contributed by atoms with Gasteiger partial charge in [0.15, 0.2) is 0 Å². The van der Waals surface area contributed by atoms with Crippen LogP contribution in [-0.4, -0.2) is 17.7 Å². The van der Waals surface area contributed by atoms with Gasteiger partial charge in [-0.15, -0.1) is 0 Å². The number of rotatable bonds is 5. The van der Waals surface area contributed by atoms with Gasteiger partial charge in [0.25, 0.3) is 0 Å². The number of halogens is 1. The van der Waals surface area contributed by atoms with Gasteiger partial charge < -0.3 is 16.0 Å². The predicted octanol–water partition coefficient (Wildman–Crippen LogP) is 3.91. The summed E-state index contributed by atoms with van der Waals surface area (Å²) in [6, 6.07) is 11.9. The summed E-state index contributed by atoms with van der Waals surface area (Å²) in [7, 11) is 0. The minimum absolute atomic E-state index is 0.147. The van der Waals surface area contributed by atoms with Crippen molar-refractivity contribution in [2.45, 2.75) is 13.8 Å². The van der Waals surface area contributed by atoms with Crippen LogP contribution in [0.5, 0.6) is 0 Å². The lowest BCUT2D eigenvalue weighted by atomic mass is 10.2. The lowest BCUT2D eigenvalue weighted by molar-refractivity contribution is -0.115. The Morgan fingerprint density at radius 2 is 1.42 bits per heavy atom. The van der Waals surface area contributed by atoms with Gasteiger partial charge in [0.05, 0.1) is 10.7 Å². The van der Waals surface area contributed by atoms with Gasteiger partial charge in [-0.3, -0.25) is 14.4 Å². The summed E-state index contributed by atoms with van der Waals surface area (Å²) in [4.78, 5) is 34.2. The van der Waals surface area contributed by atoms with Gasteiger partial charge in [-0.1, -0.05) is 23.7 Å². The largest absolute Gasteiger partial charge is 0.326 e. The highest BCUT2D eigenvalue weighted by atomic mass is 35.5. The maximum Gasteiger partial charge on any atom is 0.248 e. The van der Waals surface area contributed by atoms with E-state index < -0.39 is 0 Å². The average Bonchev–Trinajstić information content (AvgIpc) is 2.56. The van der Waals surface area contributed by atoms with Crippen molar-refractivity contribution in [1.82, 2.24) is 0 Å². The van der Waals surface area contributed by atoms with E-state index >= 15 is 0 Å². The average molecular weight is 372 g/mol. The Hall–Kier alpha value is -3.12. The molecule has 0 unspecified atom stereocenters. The Morgan fingerprint density at radius 3 is 2.04 bits per heavy atom. The van der Waals surface area contributed by atoms with Gasteiger partial charge in [-0.2, -0.15) is 0 Å². The molecule has 0 saturated carbocycles. The molecule has 26 heavy (non-hydrogen) atoms. The van der Waals surface area contributed by atoms with E-state index in [-0.39, 0.29) is 17.7 Å². The smallest absolute Gasteiger partial charge is 0.248 e. The number of nitrogens with one attached hydrogen (secondary N) is 3. The summed E-state index contributed by atoms with van der Waals surface area (Å²) < 4.78 is 0. The normalized spacial score (nSPS) is 10.4. The molecular formula is C19H18ClN3O3. The second-order valence-corrected chi connectivity index (χ2v) is 5.91. The Kier molecular flexibility index (Phi) is 6.52. The Balaban J connectivity index is 2.02. The van der Waals surface area contributed by atoms with E-state index in [1.165, 1.54) is 19.9 Å². The molecule has 0 spiro atoms. The third-order valence-corrected chi connectivity index (χ3v) is 3.53. The van der Waals surface area contributed by atoms with E-state index in [0.717, 1.165) is 5.56 Å². The van der Waals surface area contributed by atoms with Crippen LogP contribution in [0.25, 0.3) is 6.08 Å². The third kappa shape index (κ3) is 6.07. The third-order valence-electron chi connectivity index (χ3n) is 3.20. The molecule has 0 saturated heterocycles. The number of amides is 3. The fourth-order valence-corrected chi connectivity index (χ4v) is 2.29. The second-order valence-electron chi connectivity index (χ2n) is 5.50. The van der Waals surface area contributed by atoms with Crippen LogP contribution in [0.4, 0.5) is 17.1 Å². The summed E-state index contributed by atoms with van der Waals surface area (Å²) in [5, 5.41) is 8.32. The zero-order valence-corrected chi connectivity index (χ0v) is 15.1. The van der Waals surface area contributed by atoms with Gasteiger partial charge in [0, 0.05) is 31.3 Å². The fourth-order valence-electron chi connectivity index (χ4n) is 2.13. The van der Waals surface area contributed by atoms with Crippen molar-refractivity contribution in [3.05, 3.63) is 59.1 Å². The van der Waals surface area contributed by atoms with Crippen molar-refractivity contribution in [3.63, 3.8) is 0 Å². The van der Waals surface area contributed by atoms with Crippen molar-refractivity contribution in [2.24, 2.45) is 0 Å². The minimum atomic E-state index is -0.363. The van der Waals surface area contributed by atoms with Crippen LogP contribution >= 0.6 is 11.6 Å². The van der Waals surface area contributed by atoms with Crippen LogP contribution in [0.1, 0.15) is 19.4 Å². The molecule has 0 fully saturated rings. The molecule has 134 valence electrons. The molecule has 2 aromatic carbocycles. The fraction of sp³-hybridized carbons (Fsp3) is 0.105. The molecule has 0 aliphatic rings. The maximum absolute atomic E-state index is 12.1. The van der Waals surface area contributed by atoms with E-state index in [2.05, 4.69) is 16.0 Å². The van der Waals surface area contributed by atoms with Crippen LogP contribution < -0.4 is 16.0 Å². The zero-order valence-electron chi connectivity index (χ0n) is 14.3. The van der Waals surface area contributed by atoms with Gasteiger partial charge in [0.2, 0.25) is 17.7 Å². The van der Waals surface area contributed by atoms with Crippen molar-refractivity contribution >= 4 is 52.5 Å². The van der Waals surface area contributed by atoms with Crippen LogP contribution in [0.15, 0.2) is 48.5 Å². The Bertz CT molecular complexity index is 861. The molecule has 2 rings (SSSR count). The second kappa shape index (κ2) is 8.82. The molecule has 3 N–H and O–H groups in total. The summed E-state index contributed by atoms with van der Waals surface area (Å²) in [5.41, 5.74) is 2.41. The lowest BCUT2D eigenvalue weighted by Gasteiger charge is -2.08. The first-order valence-electron chi connectivity index (χ1n) is 7.77. The molecule has 2 aromatic rings. The number of carbonyl (C=O) groups is 3. The minimum Gasteiger partial charge on any atom is -0.326 e. The van der Waals surface area contributed by atoms with Crippen molar-refractivity contribution in [3.8, 4) is 0 Å². The topological polar surface area (TPSA) is 87.3 Å². The number of benzene rings is 2. The molecule has 0 heterocycles. The quantitative estimate of drug-likeness (QED) is 0.696. The Morgan fingerprint density at radius 1 is 0.846 bits per heavy atom. The van der Waals surface area contributed by atoms with E-state index in [9.17, 15) is 14.4 Å². The van der Waals surface area contributed by atoms with Crippen LogP contribution in [0, 0.1) is 0 Å². The molecule has 6 nitrogen and oxygen atoms in total. The molecule has 0 bridgehead atoms. The molecule has 0 radical (unpaired) electrons. The van der Waals surface area contributed by atoms with Gasteiger partial charge in [-0.05, 0) is 42.0 Å². The van der Waals surface area contributed by atoms with Crippen LogP contribution in [0.2, 0.25) is 5.02 Å². The lowest BCUT2D eigenvalue weighted by Crippen LogP contribution is -2.10. The van der Waals surface area contributed by atoms with Gasteiger partial charge in [-0.25, -0.2) is 0 Å². The molecule has 0 aromatic heterocycles. The molecule has 3 amide bonds. The highest BCUT2D eigenvalue weighted by Gasteiger charge is 2.06. The maximum atomic E-state index is 12.1. The van der Waals surface area contributed by atoms with Gasteiger partial charge >= 0.3 is 0 Å². The summed E-state index contributed by atoms with van der Waals surface area (Å²) in [6.07, 6.45) is 3.01. The summed E-state index contributed by atoms with van der Waals surface area (Å²) in [5.74, 6) is -0.726. The Labute approximate surface area is 156 Å². The van der Waals surface area contributed by atoms with E-state index in [1.807, 2.05) is 0 Å². The van der Waals surface area contributed by atoms with Crippen molar-refractivity contribution in [2.75, 3.05) is 16.0 Å². The van der Waals surface area contributed by atoms with E-state index in [4.69, 9.17) is 11.6 Å². The van der Waals surface area contributed by atoms with E-state index in [0.29, 0.717) is 22.1 Å². The molecule has 0 aliphatic carbocycles.